The van der Waals surface area contributed by atoms with Crippen molar-refractivity contribution in [1.29, 1.82) is 0 Å². The Labute approximate surface area is 113 Å². The number of hydrogen-bond donors (Lipinski definition) is 1. The van der Waals surface area contributed by atoms with Crippen LogP contribution in [0.1, 0.15) is 20.3 Å². The summed E-state index contributed by atoms with van der Waals surface area (Å²) < 4.78 is 31.4. The highest BCUT2D eigenvalue weighted by Crippen LogP contribution is 2.23. The molecule has 0 saturated heterocycles. The minimum atomic E-state index is -3.41. The van der Waals surface area contributed by atoms with Crippen LogP contribution < -0.4 is 9.46 Å². The molecule has 0 radical (unpaired) electrons. The molecular weight excluding hydrogens is 276 g/mol. The van der Waals surface area contributed by atoms with Gasteiger partial charge in [-0.15, -0.1) is 11.6 Å². The lowest BCUT2D eigenvalue weighted by Crippen LogP contribution is -2.18. The first-order valence-electron chi connectivity index (χ1n) is 5.63. The van der Waals surface area contributed by atoms with Crippen LogP contribution in [0.25, 0.3) is 0 Å². The van der Waals surface area contributed by atoms with Crippen LogP contribution in [0.2, 0.25) is 0 Å². The Bertz CT molecular complexity index is 477. The summed E-state index contributed by atoms with van der Waals surface area (Å²) in [6.45, 7) is 3.70. The third-order valence-corrected chi connectivity index (χ3v) is 3.55. The number of nitrogens with zero attached hydrogens (tertiary/aromatic N) is 1. The summed E-state index contributed by atoms with van der Waals surface area (Å²) in [6, 6.07) is 3.26. The Hall–Kier alpha value is -1.01. The maximum Gasteiger partial charge on any atom is 0.238 e. The van der Waals surface area contributed by atoms with Crippen LogP contribution in [0.3, 0.4) is 0 Å². The molecule has 1 rings (SSSR count). The zero-order valence-corrected chi connectivity index (χ0v) is 12.0. The van der Waals surface area contributed by atoms with Crippen LogP contribution in [-0.4, -0.2) is 31.1 Å². The fourth-order valence-corrected chi connectivity index (χ4v) is 2.66. The SMILES string of the molecule is CC(C)Oc1ncccc1NS(=O)(=O)CCCCl. The molecule has 5 nitrogen and oxygen atoms in total. The molecule has 18 heavy (non-hydrogen) atoms. The van der Waals surface area contributed by atoms with E-state index >= 15 is 0 Å². The van der Waals surface area contributed by atoms with Gasteiger partial charge in [0.2, 0.25) is 15.9 Å². The Balaban J connectivity index is 2.83. The van der Waals surface area contributed by atoms with E-state index in [4.69, 9.17) is 16.3 Å². The van der Waals surface area contributed by atoms with E-state index in [0.29, 0.717) is 18.0 Å². The van der Waals surface area contributed by atoms with Crippen molar-refractivity contribution in [2.75, 3.05) is 16.4 Å². The number of anilines is 1. The fraction of sp³-hybridized carbons (Fsp3) is 0.545. The van der Waals surface area contributed by atoms with Gasteiger partial charge in [0.25, 0.3) is 0 Å². The standard InChI is InChI=1S/C11H17ClN2O3S/c1-9(2)17-11-10(5-3-7-13-11)14-18(15,16)8-4-6-12/h3,5,7,9,14H,4,6,8H2,1-2H3. The molecule has 0 spiro atoms. The second-order valence-corrected chi connectivity index (χ2v) is 6.21. The molecule has 0 bridgehead atoms. The maximum absolute atomic E-state index is 11.7. The fourth-order valence-electron chi connectivity index (χ4n) is 1.25. The van der Waals surface area contributed by atoms with E-state index in [2.05, 4.69) is 9.71 Å². The normalized spacial score (nSPS) is 11.6. The van der Waals surface area contributed by atoms with Crippen molar-refractivity contribution in [3.05, 3.63) is 18.3 Å². The number of ether oxygens (including phenoxy) is 1. The molecule has 0 saturated carbocycles. The van der Waals surface area contributed by atoms with Crippen molar-refractivity contribution in [3.8, 4) is 5.88 Å². The lowest BCUT2D eigenvalue weighted by molar-refractivity contribution is 0.234. The van der Waals surface area contributed by atoms with Crippen molar-refractivity contribution in [2.24, 2.45) is 0 Å². The summed E-state index contributed by atoms with van der Waals surface area (Å²) in [7, 11) is -3.41. The summed E-state index contributed by atoms with van der Waals surface area (Å²) in [6.07, 6.45) is 1.87. The lowest BCUT2D eigenvalue weighted by atomic mass is 10.4. The Morgan fingerprint density at radius 3 is 2.83 bits per heavy atom. The Morgan fingerprint density at radius 1 is 1.50 bits per heavy atom. The summed E-state index contributed by atoms with van der Waals surface area (Å²) in [5.74, 6) is 0.567. The molecule has 0 unspecified atom stereocenters. The van der Waals surface area contributed by atoms with Crippen LogP contribution >= 0.6 is 11.6 Å². The van der Waals surface area contributed by atoms with E-state index in [1.807, 2.05) is 13.8 Å². The summed E-state index contributed by atoms with van der Waals surface area (Å²) in [5, 5.41) is 0. The molecule has 1 heterocycles. The summed E-state index contributed by atoms with van der Waals surface area (Å²) in [4.78, 5) is 4.01. The van der Waals surface area contributed by atoms with Crippen molar-refractivity contribution in [2.45, 2.75) is 26.4 Å². The zero-order valence-electron chi connectivity index (χ0n) is 10.4. The van der Waals surface area contributed by atoms with E-state index in [-0.39, 0.29) is 17.7 Å². The topological polar surface area (TPSA) is 68.3 Å². The van der Waals surface area contributed by atoms with E-state index in [1.54, 1.807) is 18.3 Å². The Kier molecular flexibility index (Phi) is 5.68. The molecule has 102 valence electrons. The van der Waals surface area contributed by atoms with E-state index in [0.717, 1.165) is 0 Å². The van der Waals surface area contributed by atoms with Gasteiger partial charge < -0.3 is 4.74 Å². The number of nitrogens with one attached hydrogen (secondary N) is 1. The molecule has 0 aliphatic carbocycles. The Morgan fingerprint density at radius 2 is 2.22 bits per heavy atom. The van der Waals surface area contributed by atoms with Crippen molar-refractivity contribution in [1.82, 2.24) is 4.98 Å². The summed E-state index contributed by atoms with van der Waals surface area (Å²) >= 11 is 5.48. The van der Waals surface area contributed by atoms with Gasteiger partial charge in [0.05, 0.1) is 11.9 Å². The second-order valence-electron chi connectivity index (χ2n) is 3.99. The van der Waals surface area contributed by atoms with Crippen LogP contribution in [0.15, 0.2) is 18.3 Å². The summed E-state index contributed by atoms with van der Waals surface area (Å²) in [5.41, 5.74) is 0.348. The minimum Gasteiger partial charge on any atom is -0.473 e. The van der Waals surface area contributed by atoms with Gasteiger partial charge in [0, 0.05) is 12.1 Å². The smallest absolute Gasteiger partial charge is 0.238 e. The number of alkyl halides is 1. The average molecular weight is 293 g/mol. The highest BCUT2D eigenvalue weighted by molar-refractivity contribution is 7.92. The second kappa shape index (κ2) is 6.80. The predicted molar refractivity (Wildman–Crippen MR) is 72.7 cm³/mol. The first-order chi connectivity index (χ1) is 8.44. The molecule has 0 atom stereocenters. The van der Waals surface area contributed by atoms with E-state index in [9.17, 15) is 8.42 Å². The van der Waals surface area contributed by atoms with Crippen LogP contribution in [0, 0.1) is 0 Å². The number of halogens is 1. The average Bonchev–Trinajstić information content (AvgIpc) is 2.28. The number of hydrogen-bond acceptors (Lipinski definition) is 4. The lowest BCUT2D eigenvalue weighted by Gasteiger charge is -2.14. The largest absolute Gasteiger partial charge is 0.473 e. The first kappa shape index (κ1) is 15.0. The van der Waals surface area contributed by atoms with Crippen LogP contribution in [0.5, 0.6) is 5.88 Å². The van der Waals surface area contributed by atoms with Gasteiger partial charge in [0.1, 0.15) is 5.69 Å². The number of aromatic nitrogens is 1. The molecule has 0 aliphatic heterocycles. The highest BCUT2D eigenvalue weighted by atomic mass is 35.5. The quantitative estimate of drug-likeness (QED) is 0.783. The monoisotopic (exact) mass is 292 g/mol. The van der Waals surface area contributed by atoms with Gasteiger partial charge in [-0.1, -0.05) is 0 Å². The van der Waals surface area contributed by atoms with Crippen LogP contribution in [0.4, 0.5) is 5.69 Å². The zero-order chi connectivity index (χ0) is 13.6. The predicted octanol–water partition coefficient (Wildman–Crippen LogP) is 2.24. The molecular formula is C11H17ClN2O3S. The molecule has 7 heteroatoms. The minimum absolute atomic E-state index is 0.0213. The van der Waals surface area contributed by atoms with Crippen molar-refractivity contribution >= 4 is 27.3 Å². The van der Waals surface area contributed by atoms with Gasteiger partial charge in [-0.25, -0.2) is 13.4 Å². The molecule has 0 aromatic carbocycles. The molecule has 1 aromatic heterocycles. The van der Waals surface area contributed by atoms with E-state index < -0.39 is 10.0 Å². The molecule has 0 amide bonds. The molecule has 1 aromatic rings. The number of rotatable bonds is 7. The number of sulfonamides is 1. The van der Waals surface area contributed by atoms with E-state index in [1.165, 1.54) is 0 Å². The van der Waals surface area contributed by atoms with Gasteiger partial charge >= 0.3 is 0 Å². The molecule has 0 aliphatic rings. The van der Waals surface area contributed by atoms with Gasteiger partial charge in [-0.2, -0.15) is 0 Å². The highest BCUT2D eigenvalue weighted by Gasteiger charge is 2.14. The third kappa shape index (κ3) is 5.10. The van der Waals surface area contributed by atoms with Gasteiger partial charge in [-0.05, 0) is 32.4 Å². The number of pyridine rings is 1. The third-order valence-electron chi connectivity index (χ3n) is 1.93. The molecule has 1 N–H and O–H groups in total. The van der Waals surface area contributed by atoms with Gasteiger partial charge in [-0.3, -0.25) is 4.72 Å². The molecule has 0 fully saturated rings. The van der Waals surface area contributed by atoms with Crippen LogP contribution in [-0.2, 0) is 10.0 Å². The maximum atomic E-state index is 11.7. The van der Waals surface area contributed by atoms with Gasteiger partial charge in [0.15, 0.2) is 0 Å². The van der Waals surface area contributed by atoms with Crippen molar-refractivity contribution < 1.29 is 13.2 Å². The first-order valence-corrected chi connectivity index (χ1v) is 7.81. The van der Waals surface area contributed by atoms with Crippen molar-refractivity contribution in [3.63, 3.8) is 0 Å².